The molecule has 0 bridgehead atoms. The molecule has 0 spiro atoms. The highest BCUT2D eigenvalue weighted by Gasteiger charge is 2.56. The summed E-state index contributed by atoms with van der Waals surface area (Å²) in [7, 11) is 0. The topological polar surface area (TPSA) is 53.4 Å². The second-order valence-electron chi connectivity index (χ2n) is 10.3. The summed E-state index contributed by atoms with van der Waals surface area (Å²) >= 11 is 0. The van der Waals surface area contributed by atoms with E-state index in [2.05, 4.69) is 37.6 Å². The maximum Gasteiger partial charge on any atom is 0.0626 e. The molecule has 29 heavy (non-hydrogen) atoms. The molecule has 3 nitrogen and oxygen atoms in total. The fourth-order valence-electron chi connectivity index (χ4n) is 7.06. The number of pyridine rings is 1. The van der Waals surface area contributed by atoms with Gasteiger partial charge >= 0.3 is 0 Å². The number of allylic oxidation sites excluding steroid dienone is 2. The van der Waals surface area contributed by atoms with Crippen LogP contribution in [-0.2, 0) is 0 Å². The SMILES string of the molecule is C=C1CCC2[C@H](CO)C([C@@]3(C)CC[C@H](O)C[C@@H]3/C=C/c3ccccn3)CC[C@]12C. The fraction of sp³-hybridized carbons (Fsp3) is 0.654. The number of nitrogens with zero attached hydrogens (tertiary/aromatic N) is 1. The van der Waals surface area contributed by atoms with Gasteiger partial charge in [-0.15, -0.1) is 0 Å². The van der Waals surface area contributed by atoms with Gasteiger partial charge in [0.2, 0.25) is 0 Å². The van der Waals surface area contributed by atoms with E-state index in [1.165, 1.54) is 18.4 Å². The Balaban J connectivity index is 1.63. The number of rotatable bonds is 4. The quantitative estimate of drug-likeness (QED) is 0.684. The van der Waals surface area contributed by atoms with Crippen molar-refractivity contribution in [2.24, 2.45) is 34.5 Å². The van der Waals surface area contributed by atoms with Crippen molar-refractivity contribution < 1.29 is 10.2 Å². The molecule has 1 heterocycles. The van der Waals surface area contributed by atoms with Crippen molar-refractivity contribution in [2.45, 2.75) is 64.9 Å². The normalized spacial score (nSPS) is 42.9. The molecule has 3 aliphatic rings. The summed E-state index contributed by atoms with van der Waals surface area (Å²) in [5.74, 6) is 1.67. The standard InChI is InChI=1S/C26H37NO2/c1-18-7-10-23-22(17-28)24(12-14-25(18,23)2)26(3)13-11-21(29)16-19(26)8-9-20-6-4-5-15-27-20/h4-6,8-9,15,19,21-24,28-29H,1,7,10-14,16-17H2,2-3H3/b9-8+/t19-,21-,22-,23?,24?,25+,26-/m0/s1. The van der Waals surface area contributed by atoms with Gasteiger partial charge in [-0.2, -0.15) is 0 Å². The highest BCUT2D eigenvalue weighted by molar-refractivity contribution is 5.44. The Morgan fingerprint density at radius 1 is 1.17 bits per heavy atom. The molecular formula is C26H37NO2. The van der Waals surface area contributed by atoms with E-state index in [0.29, 0.717) is 23.7 Å². The molecule has 7 atom stereocenters. The molecule has 0 aliphatic heterocycles. The van der Waals surface area contributed by atoms with E-state index >= 15 is 0 Å². The average molecular weight is 396 g/mol. The minimum atomic E-state index is -0.228. The number of aliphatic hydroxyl groups excluding tert-OH is 2. The summed E-state index contributed by atoms with van der Waals surface area (Å²) in [5.41, 5.74) is 2.67. The van der Waals surface area contributed by atoms with Crippen LogP contribution < -0.4 is 0 Å². The Morgan fingerprint density at radius 3 is 2.72 bits per heavy atom. The summed E-state index contributed by atoms with van der Waals surface area (Å²) in [6, 6.07) is 5.98. The first-order valence-electron chi connectivity index (χ1n) is 11.4. The van der Waals surface area contributed by atoms with Gasteiger partial charge in [0.1, 0.15) is 0 Å². The van der Waals surface area contributed by atoms with Crippen LogP contribution in [0.2, 0.25) is 0 Å². The largest absolute Gasteiger partial charge is 0.396 e. The van der Waals surface area contributed by atoms with E-state index in [-0.39, 0.29) is 23.5 Å². The van der Waals surface area contributed by atoms with Crippen molar-refractivity contribution in [3.63, 3.8) is 0 Å². The lowest BCUT2D eigenvalue weighted by molar-refractivity contribution is -0.0823. The van der Waals surface area contributed by atoms with E-state index in [0.717, 1.165) is 37.8 Å². The number of hydrogen-bond donors (Lipinski definition) is 2. The van der Waals surface area contributed by atoms with Crippen molar-refractivity contribution in [3.8, 4) is 0 Å². The molecule has 3 saturated carbocycles. The highest BCUT2D eigenvalue weighted by Crippen LogP contribution is 2.63. The van der Waals surface area contributed by atoms with Crippen LogP contribution in [0.15, 0.2) is 42.6 Å². The van der Waals surface area contributed by atoms with E-state index in [4.69, 9.17) is 0 Å². The molecular weight excluding hydrogens is 358 g/mol. The number of aliphatic hydroxyl groups is 2. The first kappa shape index (κ1) is 20.8. The molecule has 1 aromatic heterocycles. The summed E-state index contributed by atoms with van der Waals surface area (Å²) < 4.78 is 0. The van der Waals surface area contributed by atoms with Crippen LogP contribution in [0, 0.1) is 34.5 Å². The smallest absolute Gasteiger partial charge is 0.0626 e. The number of fused-ring (bicyclic) bond motifs is 1. The van der Waals surface area contributed by atoms with Crippen LogP contribution in [0.5, 0.6) is 0 Å². The third-order valence-corrected chi connectivity index (χ3v) is 9.03. The van der Waals surface area contributed by atoms with Crippen molar-refractivity contribution >= 4 is 6.08 Å². The molecule has 1 aromatic rings. The first-order valence-corrected chi connectivity index (χ1v) is 11.4. The Labute approximate surface area is 176 Å². The van der Waals surface area contributed by atoms with Gasteiger partial charge in [0.05, 0.1) is 11.8 Å². The van der Waals surface area contributed by atoms with Crippen LogP contribution in [-0.4, -0.2) is 27.9 Å². The van der Waals surface area contributed by atoms with Gasteiger partial charge in [-0.25, -0.2) is 0 Å². The molecule has 0 radical (unpaired) electrons. The maximum absolute atomic E-state index is 10.5. The van der Waals surface area contributed by atoms with Crippen molar-refractivity contribution in [2.75, 3.05) is 6.61 Å². The Hall–Kier alpha value is -1.45. The Kier molecular flexibility index (Phi) is 5.74. The zero-order valence-electron chi connectivity index (χ0n) is 18.1. The number of aromatic nitrogens is 1. The minimum absolute atomic E-state index is 0.100. The molecule has 2 N–H and O–H groups in total. The third-order valence-electron chi connectivity index (χ3n) is 9.03. The maximum atomic E-state index is 10.5. The van der Waals surface area contributed by atoms with E-state index < -0.39 is 0 Å². The fourth-order valence-corrected chi connectivity index (χ4v) is 7.06. The summed E-state index contributed by atoms with van der Waals surface area (Å²) in [6.45, 7) is 9.47. The molecule has 0 saturated heterocycles. The van der Waals surface area contributed by atoms with Crippen molar-refractivity contribution in [3.05, 3.63) is 48.3 Å². The lowest BCUT2D eigenvalue weighted by Gasteiger charge is -2.56. The van der Waals surface area contributed by atoms with E-state index in [1.807, 2.05) is 24.4 Å². The van der Waals surface area contributed by atoms with Gasteiger partial charge in [0.15, 0.2) is 0 Å². The second kappa shape index (κ2) is 8.00. The zero-order valence-corrected chi connectivity index (χ0v) is 18.1. The van der Waals surface area contributed by atoms with E-state index in [1.54, 1.807) is 0 Å². The summed E-state index contributed by atoms with van der Waals surface area (Å²) in [6.07, 6.45) is 13.3. The van der Waals surface area contributed by atoms with Crippen molar-refractivity contribution in [1.82, 2.24) is 4.98 Å². The molecule has 0 amide bonds. The first-order chi connectivity index (χ1) is 13.9. The van der Waals surface area contributed by atoms with Gasteiger partial charge < -0.3 is 10.2 Å². The Morgan fingerprint density at radius 2 is 2.00 bits per heavy atom. The van der Waals surface area contributed by atoms with Gasteiger partial charge in [0, 0.05) is 12.8 Å². The molecule has 3 heteroatoms. The molecule has 0 aromatic carbocycles. The molecule has 158 valence electrons. The van der Waals surface area contributed by atoms with Crippen LogP contribution >= 0.6 is 0 Å². The predicted molar refractivity (Wildman–Crippen MR) is 118 cm³/mol. The molecule has 3 aliphatic carbocycles. The van der Waals surface area contributed by atoms with Gasteiger partial charge in [-0.05, 0) is 97.7 Å². The van der Waals surface area contributed by atoms with Crippen LogP contribution in [0.1, 0.15) is 64.5 Å². The van der Waals surface area contributed by atoms with Crippen LogP contribution in [0.4, 0.5) is 0 Å². The lowest BCUT2D eigenvalue weighted by Crippen LogP contribution is -2.50. The minimum Gasteiger partial charge on any atom is -0.396 e. The highest BCUT2D eigenvalue weighted by atomic mass is 16.3. The zero-order chi connectivity index (χ0) is 20.6. The second-order valence-corrected chi connectivity index (χ2v) is 10.3. The van der Waals surface area contributed by atoms with Gasteiger partial charge in [-0.1, -0.05) is 38.1 Å². The monoisotopic (exact) mass is 395 g/mol. The van der Waals surface area contributed by atoms with Crippen molar-refractivity contribution in [1.29, 1.82) is 0 Å². The average Bonchev–Trinajstić information content (AvgIpc) is 3.03. The summed E-state index contributed by atoms with van der Waals surface area (Å²) in [5, 5.41) is 20.9. The van der Waals surface area contributed by atoms with Gasteiger partial charge in [-0.3, -0.25) is 4.98 Å². The lowest BCUT2D eigenvalue weighted by atomic mass is 9.49. The van der Waals surface area contributed by atoms with Gasteiger partial charge in [0.25, 0.3) is 0 Å². The predicted octanol–water partition coefficient (Wildman–Crippen LogP) is 5.25. The van der Waals surface area contributed by atoms with Crippen LogP contribution in [0.25, 0.3) is 6.08 Å². The van der Waals surface area contributed by atoms with E-state index in [9.17, 15) is 10.2 Å². The molecule has 4 rings (SSSR count). The molecule has 3 fully saturated rings. The summed E-state index contributed by atoms with van der Waals surface area (Å²) in [4.78, 5) is 4.44. The number of hydrogen-bond acceptors (Lipinski definition) is 3. The third kappa shape index (κ3) is 3.61. The Bertz CT molecular complexity index is 759. The molecule has 2 unspecified atom stereocenters. The van der Waals surface area contributed by atoms with Crippen LogP contribution in [0.3, 0.4) is 0 Å².